The summed E-state index contributed by atoms with van der Waals surface area (Å²) in [6, 6.07) is 19.2. The molecule has 2 N–H and O–H groups in total. The molecule has 0 aliphatic heterocycles. The number of hydrogen-bond donors (Lipinski definition) is 2. The molecule has 0 fully saturated rings. The molecule has 0 saturated heterocycles. The van der Waals surface area contributed by atoms with E-state index < -0.39 is 5.91 Å². The van der Waals surface area contributed by atoms with Gasteiger partial charge >= 0.3 is 0 Å². The minimum absolute atomic E-state index is 0.124. The minimum atomic E-state index is -0.438. The number of para-hydroxylation sites is 1. The van der Waals surface area contributed by atoms with E-state index in [2.05, 4.69) is 29.5 Å². The molecule has 6 heteroatoms. The molecule has 0 unspecified atom stereocenters. The maximum Gasteiger partial charge on any atom is 0.274 e. The zero-order valence-electron chi connectivity index (χ0n) is 16.1. The van der Waals surface area contributed by atoms with Crippen LogP contribution in [0.25, 0.3) is 0 Å². The third-order valence-electron chi connectivity index (χ3n) is 4.36. The average Bonchev–Trinajstić information content (AvgIpc) is 2.74. The van der Waals surface area contributed by atoms with Gasteiger partial charge in [-0.1, -0.05) is 32.0 Å². The molecule has 1 aromatic heterocycles. The first-order valence-corrected chi connectivity index (χ1v) is 9.16. The van der Waals surface area contributed by atoms with Crippen LogP contribution in [-0.2, 0) is 0 Å². The molecule has 0 radical (unpaired) electrons. The van der Waals surface area contributed by atoms with E-state index in [0.29, 0.717) is 16.8 Å². The smallest absolute Gasteiger partial charge is 0.274 e. The van der Waals surface area contributed by atoms with Gasteiger partial charge in [0.05, 0.1) is 11.6 Å². The summed E-state index contributed by atoms with van der Waals surface area (Å²) in [5, 5.41) is 14.5. The molecule has 0 aliphatic rings. The lowest BCUT2D eigenvalue weighted by Crippen LogP contribution is -2.17. The summed E-state index contributed by atoms with van der Waals surface area (Å²) >= 11 is 0. The number of hydrogen-bond acceptors (Lipinski definition) is 4. The third-order valence-corrected chi connectivity index (χ3v) is 4.36. The van der Waals surface area contributed by atoms with Crippen LogP contribution in [-0.4, -0.2) is 16.8 Å². The Balaban J connectivity index is 1.75. The highest BCUT2D eigenvalue weighted by Crippen LogP contribution is 2.24. The van der Waals surface area contributed by atoms with E-state index in [0.717, 1.165) is 11.3 Å². The first-order valence-electron chi connectivity index (χ1n) is 9.16. The van der Waals surface area contributed by atoms with E-state index in [1.807, 2.05) is 30.3 Å². The second kappa shape index (κ2) is 8.81. The van der Waals surface area contributed by atoms with Gasteiger partial charge in [0.25, 0.3) is 11.8 Å². The Labute approximate surface area is 169 Å². The van der Waals surface area contributed by atoms with Crippen LogP contribution in [0.1, 0.15) is 51.7 Å². The van der Waals surface area contributed by atoms with Gasteiger partial charge in [-0.2, -0.15) is 5.26 Å². The number of carbonyl (C=O) groups excluding carboxylic acids is 2. The van der Waals surface area contributed by atoms with Gasteiger partial charge < -0.3 is 10.6 Å². The van der Waals surface area contributed by atoms with E-state index in [1.54, 1.807) is 30.3 Å². The number of benzene rings is 2. The zero-order chi connectivity index (χ0) is 20.8. The van der Waals surface area contributed by atoms with Crippen molar-refractivity contribution in [2.75, 3.05) is 10.6 Å². The van der Waals surface area contributed by atoms with Crippen molar-refractivity contribution in [1.82, 2.24) is 4.98 Å². The highest BCUT2D eigenvalue weighted by atomic mass is 16.2. The van der Waals surface area contributed by atoms with E-state index in [9.17, 15) is 9.59 Å². The Bertz CT molecular complexity index is 1080. The second-order valence-corrected chi connectivity index (χ2v) is 6.77. The highest BCUT2D eigenvalue weighted by molar-refractivity contribution is 6.08. The molecule has 6 nitrogen and oxygen atoms in total. The molecule has 3 aromatic rings. The van der Waals surface area contributed by atoms with Gasteiger partial charge in [-0.15, -0.1) is 0 Å². The quantitative estimate of drug-likeness (QED) is 0.673. The molecule has 0 bridgehead atoms. The third kappa shape index (κ3) is 4.85. The maximum atomic E-state index is 12.7. The van der Waals surface area contributed by atoms with Crippen molar-refractivity contribution in [3.8, 4) is 6.07 Å². The van der Waals surface area contributed by atoms with Crippen molar-refractivity contribution in [2.24, 2.45) is 0 Å². The van der Waals surface area contributed by atoms with Crippen molar-refractivity contribution >= 4 is 23.2 Å². The van der Waals surface area contributed by atoms with Gasteiger partial charge in [0.15, 0.2) is 0 Å². The monoisotopic (exact) mass is 384 g/mol. The van der Waals surface area contributed by atoms with Gasteiger partial charge in [0.1, 0.15) is 5.69 Å². The van der Waals surface area contributed by atoms with Gasteiger partial charge in [-0.25, -0.2) is 0 Å². The topological polar surface area (TPSA) is 94.9 Å². The molecular weight excluding hydrogens is 364 g/mol. The number of pyridine rings is 1. The Hall–Kier alpha value is -3.98. The highest BCUT2D eigenvalue weighted by Gasteiger charge is 2.14. The van der Waals surface area contributed by atoms with Crippen LogP contribution in [0.5, 0.6) is 0 Å². The van der Waals surface area contributed by atoms with Crippen LogP contribution in [0.2, 0.25) is 0 Å². The van der Waals surface area contributed by atoms with Gasteiger partial charge in [0, 0.05) is 23.1 Å². The van der Waals surface area contributed by atoms with Gasteiger partial charge in [-0.05, 0) is 53.9 Å². The standard InChI is InChI=1S/C23H20N4O2/c1-15(2)19-5-3-4-6-20(19)27-22(28)17-11-12-25-21(13-17)23(29)26-18-9-7-16(14-24)8-10-18/h3-13,15H,1-2H3,(H,26,29)(H,27,28). The molecule has 29 heavy (non-hydrogen) atoms. The second-order valence-electron chi connectivity index (χ2n) is 6.77. The average molecular weight is 384 g/mol. The number of nitrogens with one attached hydrogen (secondary N) is 2. The van der Waals surface area contributed by atoms with Crippen LogP contribution in [0.4, 0.5) is 11.4 Å². The lowest BCUT2D eigenvalue weighted by Gasteiger charge is -2.14. The molecule has 0 spiro atoms. The number of carbonyl (C=O) groups is 2. The van der Waals surface area contributed by atoms with Crippen LogP contribution >= 0.6 is 0 Å². The van der Waals surface area contributed by atoms with Gasteiger partial charge in [0.2, 0.25) is 0 Å². The summed E-state index contributed by atoms with van der Waals surface area (Å²) in [6.07, 6.45) is 1.43. The summed E-state index contributed by atoms with van der Waals surface area (Å²) in [5.74, 6) is -0.488. The number of nitriles is 1. The fourth-order valence-corrected chi connectivity index (χ4v) is 2.83. The van der Waals surface area contributed by atoms with Crippen molar-refractivity contribution < 1.29 is 9.59 Å². The fourth-order valence-electron chi connectivity index (χ4n) is 2.83. The summed E-state index contributed by atoms with van der Waals surface area (Å²) < 4.78 is 0. The van der Waals surface area contributed by atoms with Crippen LogP contribution in [0.3, 0.4) is 0 Å². The van der Waals surface area contributed by atoms with Crippen LogP contribution < -0.4 is 10.6 Å². The molecule has 3 rings (SSSR count). The summed E-state index contributed by atoms with van der Waals surface area (Å²) in [6.45, 7) is 4.12. The summed E-state index contributed by atoms with van der Waals surface area (Å²) in [5.41, 5.74) is 3.28. The van der Waals surface area contributed by atoms with Crippen LogP contribution in [0.15, 0.2) is 66.9 Å². The largest absolute Gasteiger partial charge is 0.322 e. The lowest BCUT2D eigenvalue weighted by molar-refractivity contribution is 0.102. The van der Waals surface area contributed by atoms with Crippen LogP contribution in [0, 0.1) is 11.3 Å². The van der Waals surface area contributed by atoms with Crippen molar-refractivity contribution in [3.63, 3.8) is 0 Å². The van der Waals surface area contributed by atoms with Crippen molar-refractivity contribution in [3.05, 3.63) is 89.2 Å². The Morgan fingerprint density at radius 1 is 0.966 bits per heavy atom. The predicted octanol–water partition coefficient (Wildman–Crippen LogP) is 4.58. The van der Waals surface area contributed by atoms with Gasteiger partial charge in [-0.3, -0.25) is 14.6 Å². The summed E-state index contributed by atoms with van der Waals surface area (Å²) in [7, 11) is 0. The number of amides is 2. The number of aromatic nitrogens is 1. The molecule has 0 atom stereocenters. The Kier molecular flexibility index (Phi) is 6.00. The normalized spacial score (nSPS) is 10.3. The van der Waals surface area contributed by atoms with E-state index >= 15 is 0 Å². The number of anilines is 2. The van der Waals surface area contributed by atoms with Crippen molar-refractivity contribution in [1.29, 1.82) is 5.26 Å². The fraction of sp³-hybridized carbons (Fsp3) is 0.130. The Morgan fingerprint density at radius 2 is 1.69 bits per heavy atom. The van der Waals surface area contributed by atoms with E-state index in [1.165, 1.54) is 12.3 Å². The Morgan fingerprint density at radius 3 is 2.38 bits per heavy atom. The molecule has 0 saturated carbocycles. The first kappa shape index (κ1) is 19.8. The molecular formula is C23H20N4O2. The zero-order valence-corrected chi connectivity index (χ0v) is 16.1. The lowest BCUT2D eigenvalue weighted by atomic mass is 10.0. The molecule has 144 valence electrons. The molecule has 1 heterocycles. The van der Waals surface area contributed by atoms with E-state index in [-0.39, 0.29) is 17.5 Å². The molecule has 2 amide bonds. The molecule has 2 aromatic carbocycles. The SMILES string of the molecule is CC(C)c1ccccc1NC(=O)c1ccnc(C(=O)Nc2ccc(C#N)cc2)c1. The summed E-state index contributed by atoms with van der Waals surface area (Å²) in [4.78, 5) is 29.2. The number of nitrogens with zero attached hydrogens (tertiary/aromatic N) is 2. The number of rotatable bonds is 5. The maximum absolute atomic E-state index is 12.7. The van der Waals surface area contributed by atoms with E-state index in [4.69, 9.17) is 5.26 Å². The minimum Gasteiger partial charge on any atom is -0.322 e. The van der Waals surface area contributed by atoms with Crippen molar-refractivity contribution in [2.45, 2.75) is 19.8 Å². The predicted molar refractivity (Wildman–Crippen MR) is 112 cm³/mol. The first-order chi connectivity index (χ1) is 14.0. The molecule has 0 aliphatic carbocycles.